The van der Waals surface area contributed by atoms with E-state index in [1.807, 2.05) is 31.3 Å². The highest BCUT2D eigenvalue weighted by Crippen LogP contribution is 2.29. The molecule has 0 bridgehead atoms. The van der Waals surface area contributed by atoms with Crippen LogP contribution >= 0.6 is 0 Å². The first-order valence-electron chi connectivity index (χ1n) is 9.04. The number of pyridine rings is 1. The van der Waals surface area contributed by atoms with Gasteiger partial charge in [-0.25, -0.2) is 4.79 Å². The highest BCUT2D eigenvalue weighted by Gasteiger charge is 2.16. The molecule has 0 aliphatic heterocycles. The zero-order valence-corrected chi connectivity index (χ0v) is 15.5. The second-order valence-electron chi connectivity index (χ2n) is 6.80. The van der Waals surface area contributed by atoms with Crippen LogP contribution in [0.15, 0.2) is 82.1 Å². The number of aromatic nitrogens is 1. The minimum absolute atomic E-state index is 0.112. The number of nitrogens with zero attached hydrogens (tertiary/aromatic N) is 2. The molecule has 0 unspecified atom stereocenters. The van der Waals surface area contributed by atoms with Crippen molar-refractivity contribution < 1.29 is 9.52 Å². The van der Waals surface area contributed by atoms with Gasteiger partial charge in [-0.3, -0.25) is 9.88 Å². The standard InChI is InChI=1S/C23H20N2O3/c1-25(14-16-7-3-2-4-8-16)15-19-21(26)11-10-17-13-18(23(27)28-22(17)19)20-9-5-6-12-24-20/h2-13,26H,14-15H2,1H3. The van der Waals surface area contributed by atoms with Crippen LogP contribution in [0.3, 0.4) is 0 Å². The number of benzene rings is 2. The van der Waals surface area contributed by atoms with Crippen molar-refractivity contribution in [1.29, 1.82) is 0 Å². The molecule has 0 saturated carbocycles. The minimum atomic E-state index is -0.469. The predicted molar refractivity (Wildman–Crippen MR) is 109 cm³/mol. The van der Waals surface area contributed by atoms with Crippen LogP contribution in [0.2, 0.25) is 0 Å². The molecule has 4 aromatic rings. The van der Waals surface area contributed by atoms with Gasteiger partial charge < -0.3 is 9.52 Å². The predicted octanol–water partition coefficient (Wildman–Crippen LogP) is 4.19. The van der Waals surface area contributed by atoms with Crippen molar-refractivity contribution in [3.63, 3.8) is 0 Å². The normalized spacial score (nSPS) is 11.2. The number of aromatic hydroxyl groups is 1. The Bertz CT molecular complexity index is 1160. The fourth-order valence-corrected chi connectivity index (χ4v) is 3.31. The summed E-state index contributed by atoms with van der Waals surface area (Å²) >= 11 is 0. The summed E-state index contributed by atoms with van der Waals surface area (Å²) in [5, 5.41) is 11.2. The summed E-state index contributed by atoms with van der Waals surface area (Å²) in [6.07, 6.45) is 1.64. The number of phenols is 1. The molecule has 0 fully saturated rings. The molecule has 0 amide bonds. The molecule has 1 N–H and O–H groups in total. The molecular weight excluding hydrogens is 352 g/mol. The van der Waals surface area contributed by atoms with Gasteiger partial charge in [-0.05, 0) is 42.9 Å². The Balaban J connectivity index is 1.71. The minimum Gasteiger partial charge on any atom is -0.507 e. The molecule has 0 saturated heterocycles. The second kappa shape index (κ2) is 7.66. The van der Waals surface area contributed by atoms with Crippen molar-refractivity contribution >= 4 is 11.0 Å². The summed E-state index contributed by atoms with van der Waals surface area (Å²) in [6, 6.07) is 20.6. The monoisotopic (exact) mass is 372 g/mol. The molecule has 0 atom stereocenters. The Kier molecular flexibility index (Phi) is 4.91. The van der Waals surface area contributed by atoms with Crippen LogP contribution in [0, 0.1) is 0 Å². The molecule has 4 rings (SSSR count). The SMILES string of the molecule is CN(Cc1ccccc1)Cc1c(O)ccc2cc(-c3ccccn3)c(=O)oc12. The fourth-order valence-electron chi connectivity index (χ4n) is 3.31. The van der Waals surface area contributed by atoms with Crippen molar-refractivity contribution in [2.24, 2.45) is 0 Å². The molecule has 0 aliphatic carbocycles. The second-order valence-corrected chi connectivity index (χ2v) is 6.80. The zero-order valence-electron chi connectivity index (χ0n) is 15.5. The van der Waals surface area contributed by atoms with Crippen molar-refractivity contribution in [1.82, 2.24) is 9.88 Å². The largest absolute Gasteiger partial charge is 0.507 e. The lowest BCUT2D eigenvalue weighted by Crippen LogP contribution is -2.18. The number of phenolic OH excluding ortho intramolecular Hbond substituents is 1. The van der Waals surface area contributed by atoms with Crippen LogP contribution in [0.5, 0.6) is 5.75 Å². The average molecular weight is 372 g/mol. The molecule has 28 heavy (non-hydrogen) atoms. The topological polar surface area (TPSA) is 66.6 Å². The lowest BCUT2D eigenvalue weighted by Gasteiger charge is -2.18. The van der Waals surface area contributed by atoms with Gasteiger partial charge >= 0.3 is 5.63 Å². The fraction of sp³-hybridized carbons (Fsp3) is 0.130. The van der Waals surface area contributed by atoms with Gasteiger partial charge in [0.25, 0.3) is 0 Å². The average Bonchev–Trinajstić information content (AvgIpc) is 2.71. The molecule has 2 aromatic carbocycles. The first-order chi connectivity index (χ1) is 13.6. The van der Waals surface area contributed by atoms with Gasteiger partial charge in [0.15, 0.2) is 0 Å². The van der Waals surface area contributed by atoms with Gasteiger partial charge in [0.2, 0.25) is 0 Å². The maximum atomic E-state index is 12.6. The molecule has 2 aromatic heterocycles. The molecular formula is C23H20N2O3. The van der Waals surface area contributed by atoms with E-state index in [-0.39, 0.29) is 5.75 Å². The van der Waals surface area contributed by atoms with Crippen LogP contribution < -0.4 is 5.63 Å². The maximum absolute atomic E-state index is 12.6. The van der Waals surface area contributed by atoms with E-state index in [4.69, 9.17) is 4.42 Å². The smallest absolute Gasteiger partial charge is 0.345 e. The van der Waals surface area contributed by atoms with Crippen LogP contribution in [0.1, 0.15) is 11.1 Å². The third kappa shape index (κ3) is 3.66. The zero-order chi connectivity index (χ0) is 19.5. The molecule has 0 aliphatic rings. The van der Waals surface area contributed by atoms with Gasteiger partial charge in [0.1, 0.15) is 11.3 Å². The molecule has 0 radical (unpaired) electrons. The van der Waals surface area contributed by atoms with Crippen molar-refractivity contribution in [2.75, 3.05) is 7.05 Å². The van der Waals surface area contributed by atoms with Gasteiger partial charge in [-0.1, -0.05) is 36.4 Å². The summed E-state index contributed by atoms with van der Waals surface area (Å²) in [5.41, 5.74) is 2.67. The van der Waals surface area contributed by atoms with Gasteiger partial charge in [-0.2, -0.15) is 0 Å². The summed E-state index contributed by atoms with van der Waals surface area (Å²) < 4.78 is 5.63. The number of fused-ring (bicyclic) bond motifs is 1. The van der Waals surface area contributed by atoms with E-state index in [1.54, 1.807) is 36.5 Å². The van der Waals surface area contributed by atoms with Crippen molar-refractivity contribution in [2.45, 2.75) is 13.1 Å². The van der Waals surface area contributed by atoms with E-state index >= 15 is 0 Å². The van der Waals surface area contributed by atoms with E-state index in [0.717, 1.165) is 5.39 Å². The highest BCUT2D eigenvalue weighted by molar-refractivity contribution is 5.85. The Morgan fingerprint density at radius 2 is 1.79 bits per heavy atom. The Morgan fingerprint density at radius 3 is 2.54 bits per heavy atom. The first-order valence-corrected chi connectivity index (χ1v) is 9.04. The Morgan fingerprint density at radius 1 is 1.00 bits per heavy atom. The summed E-state index contributed by atoms with van der Waals surface area (Å²) in [5.74, 6) is 0.112. The summed E-state index contributed by atoms with van der Waals surface area (Å²) in [7, 11) is 1.96. The van der Waals surface area contributed by atoms with E-state index in [2.05, 4.69) is 22.0 Å². The number of hydrogen-bond acceptors (Lipinski definition) is 5. The number of rotatable bonds is 5. The maximum Gasteiger partial charge on any atom is 0.345 e. The molecule has 0 spiro atoms. The molecule has 140 valence electrons. The number of hydrogen-bond donors (Lipinski definition) is 1. The van der Waals surface area contributed by atoms with Gasteiger partial charge in [0.05, 0.1) is 16.8 Å². The highest BCUT2D eigenvalue weighted by atomic mass is 16.4. The van der Waals surface area contributed by atoms with Crippen LogP contribution in [-0.2, 0) is 13.1 Å². The van der Waals surface area contributed by atoms with Crippen LogP contribution in [-0.4, -0.2) is 22.0 Å². The van der Waals surface area contributed by atoms with Gasteiger partial charge in [-0.15, -0.1) is 0 Å². The van der Waals surface area contributed by atoms with E-state index < -0.39 is 5.63 Å². The van der Waals surface area contributed by atoms with E-state index in [0.29, 0.717) is 35.5 Å². The molecule has 5 heteroatoms. The third-order valence-electron chi connectivity index (χ3n) is 4.64. The van der Waals surface area contributed by atoms with Gasteiger partial charge in [0, 0.05) is 24.7 Å². The molecule has 2 heterocycles. The first kappa shape index (κ1) is 17.9. The summed E-state index contributed by atoms with van der Waals surface area (Å²) in [6.45, 7) is 1.16. The van der Waals surface area contributed by atoms with E-state index in [9.17, 15) is 9.90 Å². The quantitative estimate of drug-likeness (QED) is 0.532. The Labute approximate surface area is 162 Å². The van der Waals surface area contributed by atoms with Crippen LogP contribution in [0.25, 0.3) is 22.2 Å². The lowest BCUT2D eigenvalue weighted by atomic mass is 10.1. The van der Waals surface area contributed by atoms with Crippen molar-refractivity contribution in [3.05, 3.63) is 94.5 Å². The van der Waals surface area contributed by atoms with Crippen molar-refractivity contribution in [3.8, 4) is 17.0 Å². The summed E-state index contributed by atoms with van der Waals surface area (Å²) in [4.78, 5) is 18.9. The molecule has 5 nitrogen and oxygen atoms in total. The lowest BCUT2D eigenvalue weighted by molar-refractivity contribution is 0.312. The van der Waals surface area contributed by atoms with E-state index in [1.165, 1.54) is 5.56 Å². The third-order valence-corrected chi connectivity index (χ3v) is 4.64. The van der Waals surface area contributed by atoms with Crippen LogP contribution in [0.4, 0.5) is 0 Å². The Hall–Kier alpha value is -3.44.